The third-order valence-electron chi connectivity index (χ3n) is 5.25. The molecule has 3 heteroatoms. The topological polar surface area (TPSA) is 0 Å². The van der Waals surface area contributed by atoms with Crippen LogP contribution in [0, 0.1) is 6.92 Å². The van der Waals surface area contributed by atoms with Gasteiger partial charge in [-0.1, -0.05) is 0 Å². The summed E-state index contributed by atoms with van der Waals surface area (Å²) in [5.74, 6) is 0. The van der Waals surface area contributed by atoms with Crippen molar-refractivity contribution in [2.24, 2.45) is 0 Å². The van der Waals surface area contributed by atoms with Crippen LogP contribution in [0.4, 0.5) is 0 Å². The van der Waals surface area contributed by atoms with E-state index in [4.69, 9.17) is 0 Å². The number of rotatable bonds is 12. The Balaban J connectivity index is 2.23. The second kappa shape index (κ2) is 11.4. The van der Waals surface area contributed by atoms with Crippen LogP contribution < -0.4 is 2.89 Å². The van der Waals surface area contributed by atoms with E-state index in [-0.39, 0.29) is 0 Å². The van der Waals surface area contributed by atoms with E-state index in [1.54, 1.807) is 20.9 Å². The summed E-state index contributed by atoms with van der Waals surface area (Å²) in [4.78, 5) is 12.4. The molecule has 2 heterocycles. The van der Waals surface area contributed by atoms with Crippen LogP contribution in [0.3, 0.4) is 0 Å². The molecule has 0 N–H and O–H groups in total. The van der Waals surface area contributed by atoms with Crippen LogP contribution in [0.25, 0.3) is 9.75 Å². The van der Waals surface area contributed by atoms with Gasteiger partial charge in [-0.15, -0.1) is 0 Å². The number of hydrogen-bond acceptors (Lipinski definition) is 2. The molecule has 2 rings (SSSR count). The summed E-state index contributed by atoms with van der Waals surface area (Å²) < 4.78 is 1.82. The second-order valence-electron chi connectivity index (χ2n) is 9.05. The van der Waals surface area contributed by atoms with Gasteiger partial charge in [-0.05, 0) is 0 Å². The van der Waals surface area contributed by atoms with E-state index < -0.39 is 18.4 Å². The van der Waals surface area contributed by atoms with Crippen LogP contribution in [0.15, 0.2) is 12.1 Å². The predicted molar refractivity (Wildman–Crippen MR) is 131 cm³/mol. The van der Waals surface area contributed by atoms with Gasteiger partial charge >= 0.3 is 182 Å². The minimum absolute atomic E-state index is 1.26. The summed E-state index contributed by atoms with van der Waals surface area (Å²) in [5, 5.41) is 0. The Morgan fingerprint density at radius 2 is 1.33 bits per heavy atom. The van der Waals surface area contributed by atoms with E-state index in [1.165, 1.54) is 69.1 Å². The van der Waals surface area contributed by atoms with Crippen molar-refractivity contribution in [1.82, 2.24) is 0 Å². The SMILES string of the molecule is CCCCCCc1cc(C)sc1-c1cc(CCCCCC)[c]([Sn]([CH3])([CH3])[CH3])s1. The summed E-state index contributed by atoms with van der Waals surface area (Å²) >= 11 is 2.12. The summed E-state index contributed by atoms with van der Waals surface area (Å²) in [6, 6.07) is 5.06. The second-order valence-corrected chi connectivity index (χ2v) is 26.7. The Labute approximate surface area is 180 Å². The molecular formula is C24H40S2Sn. The molecule has 0 aliphatic carbocycles. The van der Waals surface area contributed by atoms with Crippen molar-refractivity contribution in [1.29, 1.82) is 0 Å². The Kier molecular flexibility index (Phi) is 9.91. The molecule has 0 aliphatic rings. The zero-order valence-electron chi connectivity index (χ0n) is 18.5. The van der Waals surface area contributed by atoms with Crippen LogP contribution in [0.1, 0.15) is 81.2 Å². The molecule has 0 aromatic carbocycles. The van der Waals surface area contributed by atoms with Gasteiger partial charge < -0.3 is 0 Å². The number of aryl methyl sites for hydroxylation is 3. The number of hydrogen-bond donors (Lipinski definition) is 0. The molecule has 0 amide bonds. The fourth-order valence-electron chi connectivity index (χ4n) is 3.81. The summed E-state index contributed by atoms with van der Waals surface area (Å²) in [5.41, 5.74) is 3.32. The third-order valence-corrected chi connectivity index (χ3v) is 17.3. The Bertz CT molecular complexity index is 688. The van der Waals surface area contributed by atoms with Gasteiger partial charge in [-0.3, -0.25) is 0 Å². The first-order chi connectivity index (χ1) is 12.9. The van der Waals surface area contributed by atoms with Crippen LogP contribution in [-0.4, -0.2) is 18.4 Å². The van der Waals surface area contributed by atoms with E-state index in [1.807, 2.05) is 14.2 Å². The van der Waals surface area contributed by atoms with Crippen molar-refractivity contribution in [2.75, 3.05) is 0 Å². The molecule has 0 bridgehead atoms. The molecule has 0 aliphatic heterocycles. The Hall–Kier alpha value is 0.199. The van der Waals surface area contributed by atoms with Crippen molar-refractivity contribution < 1.29 is 0 Å². The molecule has 27 heavy (non-hydrogen) atoms. The van der Waals surface area contributed by atoms with Gasteiger partial charge in [0.25, 0.3) is 0 Å². The molecule has 0 atom stereocenters. The zero-order chi connectivity index (χ0) is 19.9. The Morgan fingerprint density at radius 3 is 1.89 bits per heavy atom. The summed E-state index contributed by atoms with van der Waals surface area (Å²) in [6.07, 6.45) is 13.5. The number of thiophene rings is 2. The van der Waals surface area contributed by atoms with Gasteiger partial charge in [0, 0.05) is 0 Å². The van der Waals surface area contributed by atoms with Crippen LogP contribution in [-0.2, 0) is 12.8 Å². The zero-order valence-corrected chi connectivity index (χ0v) is 23.0. The van der Waals surface area contributed by atoms with Gasteiger partial charge in [0.1, 0.15) is 0 Å². The van der Waals surface area contributed by atoms with Crippen molar-refractivity contribution >= 4 is 43.9 Å². The van der Waals surface area contributed by atoms with Gasteiger partial charge in [0.15, 0.2) is 0 Å². The standard InChI is InChI=1S/C21H31S2.3CH3.Sn/c1-4-6-8-10-12-18-15-20(22-16-18)21-19(14-17(3)23-21)13-11-9-7-5-2;;;;/h14-15H,4-13H2,1-3H3;3*1H3;. The van der Waals surface area contributed by atoms with Crippen LogP contribution in [0.5, 0.6) is 0 Å². The fourth-order valence-corrected chi connectivity index (χ4v) is 13.1. The van der Waals surface area contributed by atoms with Crippen molar-refractivity contribution in [3.8, 4) is 9.75 Å². The van der Waals surface area contributed by atoms with Crippen LogP contribution in [0.2, 0.25) is 14.8 Å². The molecule has 0 fully saturated rings. The molecule has 0 unspecified atom stereocenters. The van der Waals surface area contributed by atoms with Crippen LogP contribution >= 0.6 is 22.7 Å². The van der Waals surface area contributed by atoms with Crippen molar-refractivity contribution in [3.05, 3.63) is 28.1 Å². The van der Waals surface area contributed by atoms with E-state index in [9.17, 15) is 0 Å². The molecular weight excluding hydrogens is 471 g/mol. The normalized spacial score (nSPS) is 12.1. The average molecular weight is 511 g/mol. The van der Waals surface area contributed by atoms with Gasteiger partial charge in [-0.25, -0.2) is 0 Å². The first-order valence-electron chi connectivity index (χ1n) is 11.1. The predicted octanol–water partition coefficient (Wildman–Crippen LogP) is 8.58. The maximum absolute atomic E-state index is 2.59. The molecule has 0 spiro atoms. The third kappa shape index (κ3) is 7.19. The van der Waals surface area contributed by atoms with Crippen molar-refractivity contribution in [3.63, 3.8) is 0 Å². The summed E-state index contributed by atoms with van der Waals surface area (Å²) in [7, 11) is 0. The molecule has 152 valence electrons. The maximum atomic E-state index is 2.59. The summed E-state index contributed by atoms with van der Waals surface area (Å²) in [6.45, 7) is 6.89. The molecule has 0 nitrogen and oxygen atoms in total. The van der Waals surface area contributed by atoms with Gasteiger partial charge in [0.05, 0.1) is 0 Å². The van der Waals surface area contributed by atoms with E-state index in [0.29, 0.717) is 0 Å². The van der Waals surface area contributed by atoms with Crippen molar-refractivity contribution in [2.45, 2.75) is 99.8 Å². The number of unbranched alkanes of at least 4 members (excludes halogenated alkanes) is 6. The monoisotopic (exact) mass is 512 g/mol. The first kappa shape index (κ1) is 23.5. The Morgan fingerprint density at radius 1 is 0.741 bits per heavy atom. The first-order valence-corrected chi connectivity index (χ1v) is 22.7. The van der Waals surface area contributed by atoms with E-state index in [2.05, 4.69) is 59.1 Å². The van der Waals surface area contributed by atoms with Gasteiger partial charge in [-0.2, -0.15) is 0 Å². The molecule has 2 aromatic rings. The van der Waals surface area contributed by atoms with Gasteiger partial charge in [0.2, 0.25) is 0 Å². The molecule has 0 saturated carbocycles. The quantitative estimate of drug-likeness (QED) is 0.198. The van der Waals surface area contributed by atoms with E-state index in [0.717, 1.165) is 0 Å². The fraction of sp³-hybridized carbons (Fsp3) is 0.667. The minimum atomic E-state index is -2.06. The van der Waals surface area contributed by atoms with E-state index >= 15 is 0 Å². The average Bonchev–Trinajstić information content (AvgIpc) is 3.19. The molecule has 2 aromatic heterocycles. The molecule has 0 saturated heterocycles. The molecule has 0 radical (unpaired) electrons.